The Labute approximate surface area is 210 Å². The zero-order valence-corrected chi connectivity index (χ0v) is 23.4. The lowest BCUT2D eigenvalue weighted by Crippen LogP contribution is -1.94. The van der Waals surface area contributed by atoms with Gasteiger partial charge in [-0.3, -0.25) is 0 Å². The molecule has 0 saturated heterocycles. The van der Waals surface area contributed by atoms with Crippen molar-refractivity contribution in [2.24, 2.45) is 0 Å². The van der Waals surface area contributed by atoms with E-state index in [1.165, 1.54) is 57.6 Å². The molecule has 33 heavy (non-hydrogen) atoms. The summed E-state index contributed by atoms with van der Waals surface area (Å²) in [5.74, 6) is 1.04. The van der Waals surface area contributed by atoms with E-state index < -0.39 is 0 Å². The molecular weight excluding hydrogens is 416 g/mol. The van der Waals surface area contributed by atoms with Gasteiger partial charge >= 0.3 is 0 Å². The van der Waals surface area contributed by atoms with Crippen LogP contribution in [0.3, 0.4) is 0 Å². The van der Waals surface area contributed by atoms with Crippen LogP contribution in [0.4, 0.5) is 0 Å². The molecule has 0 spiro atoms. The third-order valence-electron chi connectivity index (χ3n) is 5.09. The minimum absolute atomic E-state index is 1.04. The Morgan fingerprint density at radius 1 is 0.818 bits per heavy atom. The van der Waals surface area contributed by atoms with Crippen molar-refractivity contribution in [2.45, 2.75) is 93.2 Å². The van der Waals surface area contributed by atoms with E-state index in [2.05, 4.69) is 102 Å². The van der Waals surface area contributed by atoms with Crippen molar-refractivity contribution in [3.8, 4) is 0 Å². The van der Waals surface area contributed by atoms with Gasteiger partial charge in [-0.25, -0.2) is 0 Å². The highest BCUT2D eigenvalue weighted by molar-refractivity contribution is 8.02. The standard InChI is InChI=1S/C19H28.C11H14S.C2H6/c1-5-7-8-10-19(17(4)9-6-2)15-18-13-11-16(3)12-14-18;1-9(2)12-8-11-6-4-10(3)5-7-11;1-2/h9-14H,5-8,15H2,1-4H3;4-7H,1,8H2,2-3H3;1-2H3/b17-9?,19-10-;;. The monoisotopic (exact) mass is 464 g/mol. The van der Waals surface area contributed by atoms with Gasteiger partial charge in [0.15, 0.2) is 0 Å². The first-order chi connectivity index (χ1) is 15.8. The minimum atomic E-state index is 1.04. The molecule has 0 N–H and O–H groups in total. The molecule has 2 aromatic carbocycles. The maximum Gasteiger partial charge on any atom is 0.0228 e. The predicted molar refractivity (Wildman–Crippen MR) is 155 cm³/mol. The second-order valence-electron chi connectivity index (χ2n) is 8.31. The Bertz CT molecular complexity index is 820. The van der Waals surface area contributed by atoms with Crippen molar-refractivity contribution in [2.75, 3.05) is 0 Å². The highest BCUT2D eigenvalue weighted by atomic mass is 32.2. The van der Waals surface area contributed by atoms with Gasteiger partial charge in [0.1, 0.15) is 0 Å². The highest BCUT2D eigenvalue weighted by Crippen LogP contribution is 2.20. The van der Waals surface area contributed by atoms with E-state index in [-0.39, 0.29) is 0 Å². The van der Waals surface area contributed by atoms with Crippen LogP contribution in [-0.4, -0.2) is 0 Å². The first-order valence-corrected chi connectivity index (χ1v) is 13.6. The molecule has 0 aliphatic heterocycles. The molecule has 1 heteroatoms. The van der Waals surface area contributed by atoms with Gasteiger partial charge in [0.05, 0.1) is 0 Å². The number of rotatable bonds is 10. The molecule has 0 unspecified atom stereocenters. The molecular formula is C32H48S. The molecule has 0 aliphatic rings. The molecule has 0 heterocycles. The van der Waals surface area contributed by atoms with E-state index in [1.807, 2.05) is 20.8 Å². The lowest BCUT2D eigenvalue weighted by molar-refractivity contribution is 0.809. The quantitative estimate of drug-likeness (QED) is 0.249. The molecule has 0 nitrogen and oxygen atoms in total. The van der Waals surface area contributed by atoms with E-state index in [9.17, 15) is 0 Å². The number of allylic oxidation sites excluding steroid dienone is 5. The van der Waals surface area contributed by atoms with Crippen LogP contribution in [0.1, 0.15) is 89.5 Å². The second-order valence-corrected chi connectivity index (χ2v) is 9.58. The number of hydrogen-bond acceptors (Lipinski definition) is 1. The molecule has 2 aromatic rings. The molecule has 0 aromatic heterocycles. The van der Waals surface area contributed by atoms with Crippen LogP contribution in [0.15, 0.2) is 83.3 Å². The third-order valence-corrected chi connectivity index (χ3v) is 6.06. The fraction of sp³-hybridized carbons (Fsp3) is 0.438. The average Bonchev–Trinajstić information content (AvgIpc) is 2.81. The number of aryl methyl sites for hydroxylation is 2. The summed E-state index contributed by atoms with van der Waals surface area (Å²) in [6, 6.07) is 17.6. The Hall–Kier alpha value is -1.99. The van der Waals surface area contributed by atoms with Crippen LogP contribution in [0.5, 0.6) is 0 Å². The number of benzene rings is 2. The third kappa shape index (κ3) is 15.5. The maximum atomic E-state index is 3.85. The van der Waals surface area contributed by atoms with E-state index in [0.717, 1.165) is 18.6 Å². The summed E-state index contributed by atoms with van der Waals surface area (Å²) in [5.41, 5.74) is 8.38. The maximum absolute atomic E-state index is 3.85. The minimum Gasteiger partial charge on any atom is -0.127 e. The lowest BCUT2D eigenvalue weighted by Gasteiger charge is -2.09. The van der Waals surface area contributed by atoms with E-state index in [4.69, 9.17) is 0 Å². The summed E-state index contributed by atoms with van der Waals surface area (Å²) in [6.07, 6.45) is 10.7. The number of hydrogen-bond donors (Lipinski definition) is 0. The predicted octanol–water partition coefficient (Wildman–Crippen LogP) is 10.8. The normalized spacial score (nSPS) is 11.2. The first kappa shape index (κ1) is 31.0. The van der Waals surface area contributed by atoms with Gasteiger partial charge in [-0.2, -0.15) is 0 Å². The summed E-state index contributed by atoms with van der Waals surface area (Å²) < 4.78 is 0. The Kier molecular flexibility index (Phi) is 18.3. The zero-order chi connectivity index (χ0) is 25.1. The van der Waals surface area contributed by atoms with Gasteiger partial charge < -0.3 is 0 Å². The SMILES string of the molecule is C=C(C)SCc1ccc(C)cc1.CC.CCC=C(C)/C(=C\CCCC)Cc1ccc(C)cc1. The van der Waals surface area contributed by atoms with Crippen LogP contribution < -0.4 is 0 Å². The largest absolute Gasteiger partial charge is 0.127 e. The van der Waals surface area contributed by atoms with E-state index >= 15 is 0 Å². The van der Waals surface area contributed by atoms with Crippen molar-refractivity contribution in [3.05, 3.63) is 106 Å². The van der Waals surface area contributed by atoms with Gasteiger partial charge in [0.2, 0.25) is 0 Å². The van der Waals surface area contributed by atoms with E-state index in [1.54, 1.807) is 11.8 Å². The molecule has 0 atom stereocenters. The van der Waals surface area contributed by atoms with Crippen LogP contribution in [0.25, 0.3) is 0 Å². The summed E-state index contributed by atoms with van der Waals surface area (Å²) in [4.78, 5) is 1.18. The Morgan fingerprint density at radius 2 is 1.33 bits per heavy atom. The summed E-state index contributed by atoms with van der Waals surface area (Å²) >= 11 is 1.80. The van der Waals surface area contributed by atoms with Gasteiger partial charge in [-0.15, -0.1) is 11.8 Å². The lowest BCUT2D eigenvalue weighted by atomic mass is 9.96. The summed E-state index contributed by atoms with van der Waals surface area (Å²) in [6.45, 7) is 20.8. The van der Waals surface area contributed by atoms with Crippen LogP contribution in [-0.2, 0) is 12.2 Å². The zero-order valence-electron chi connectivity index (χ0n) is 22.6. The van der Waals surface area contributed by atoms with E-state index in [0.29, 0.717) is 0 Å². The molecule has 0 aliphatic carbocycles. The first-order valence-electron chi connectivity index (χ1n) is 12.6. The smallest absolute Gasteiger partial charge is 0.0228 e. The van der Waals surface area contributed by atoms with Crippen LogP contribution in [0, 0.1) is 13.8 Å². The molecule has 2 rings (SSSR count). The van der Waals surface area contributed by atoms with Crippen molar-refractivity contribution < 1.29 is 0 Å². The highest BCUT2D eigenvalue weighted by Gasteiger charge is 2.02. The molecule has 0 bridgehead atoms. The summed E-state index contributed by atoms with van der Waals surface area (Å²) in [7, 11) is 0. The molecule has 0 fully saturated rings. The van der Waals surface area contributed by atoms with Crippen molar-refractivity contribution in [1.29, 1.82) is 0 Å². The van der Waals surface area contributed by atoms with Crippen LogP contribution >= 0.6 is 11.8 Å². The second kappa shape index (κ2) is 19.5. The fourth-order valence-electron chi connectivity index (χ4n) is 3.11. The molecule has 182 valence electrons. The molecule has 0 saturated carbocycles. The van der Waals surface area contributed by atoms with Crippen molar-refractivity contribution >= 4 is 11.8 Å². The van der Waals surface area contributed by atoms with Crippen molar-refractivity contribution in [1.82, 2.24) is 0 Å². The van der Waals surface area contributed by atoms with Gasteiger partial charge in [0, 0.05) is 5.75 Å². The number of unbranched alkanes of at least 4 members (excludes halogenated alkanes) is 2. The Balaban J connectivity index is 0.000000627. The molecule has 0 radical (unpaired) electrons. The molecule has 0 amide bonds. The fourth-order valence-corrected chi connectivity index (χ4v) is 3.71. The average molecular weight is 465 g/mol. The van der Waals surface area contributed by atoms with Gasteiger partial charge in [0.25, 0.3) is 0 Å². The summed E-state index contributed by atoms with van der Waals surface area (Å²) in [5, 5.41) is 0. The van der Waals surface area contributed by atoms with Crippen LogP contribution in [0.2, 0.25) is 0 Å². The van der Waals surface area contributed by atoms with Gasteiger partial charge in [-0.1, -0.05) is 124 Å². The van der Waals surface area contributed by atoms with Crippen molar-refractivity contribution in [3.63, 3.8) is 0 Å². The van der Waals surface area contributed by atoms with Gasteiger partial charge in [-0.05, 0) is 68.6 Å². The Morgan fingerprint density at radius 3 is 1.79 bits per heavy atom. The number of thioether (sulfide) groups is 1. The topological polar surface area (TPSA) is 0 Å².